The third-order valence-electron chi connectivity index (χ3n) is 5.98. The van der Waals surface area contributed by atoms with Crippen molar-refractivity contribution in [1.29, 1.82) is 0 Å². The van der Waals surface area contributed by atoms with Gasteiger partial charge in [0, 0.05) is 30.4 Å². The van der Waals surface area contributed by atoms with Crippen molar-refractivity contribution in [2.75, 3.05) is 6.54 Å². The van der Waals surface area contributed by atoms with Gasteiger partial charge < -0.3 is 9.88 Å². The fourth-order valence-corrected chi connectivity index (χ4v) is 4.51. The first-order valence-electron chi connectivity index (χ1n) is 10.0. The molecule has 0 saturated carbocycles. The molecule has 1 saturated heterocycles. The second-order valence-corrected chi connectivity index (χ2v) is 7.74. The summed E-state index contributed by atoms with van der Waals surface area (Å²) >= 11 is 0. The average Bonchev–Trinajstić information content (AvgIpc) is 3.35. The normalized spacial score (nSPS) is 19.1. The molecule has 1 fully saturated rings. The highest BCUT2D eigenvalue weighted by Crippen LogP contribution is 2.25. The first kappa shape index (κ1) is 17.2. The molecule has 0 aromatic carbocycles. The first-order valence-corrected chi connectivity index (χ1v) is 10.0. The molecule has 1 atom stereocenters. The van der Waals surface area contributed by atoms with Crippen LogP contribution >= 0.6 is 0 Å². The number of nitrogens with one attached hydrogen (secondary N) is 1. The Hall–Kier alpha value is -2.96. The average molecular weight is 377 g/mol. The number of hydrogen-bond acceptors (Lipinski definition) is 4. The monoisotopic (exact) mass is 377 g/mol. The number of amides is 1. The molecule has 1 unspecified atom stereocenters. The highest BCUT2D eigenvalue weighted by molar-refractivity contribution is 6.06. The number of aryl methyl sites for hydroxylation is 2. The van der Waals surface area contributed by atoms with Gasteiger partial charge in [-0.15, -0.1) is 0 Å². The van der Waals surface area contributed by atoms with E-state index in [1.54, 1.807) is 23.1 Å². The molecule has 28 heavy (non-hydrogen) atoms. The molecule has 3 aromatic rings. The van der Waals surface area contributed by atoms with Crippen LogP contribution in [0.15, 0.2) is 35.4 Å². The van der Waals surface area contributed by atoms with E-state index < -0.39 is 0 Å². The lowest BCUT2D eigenvalue weighted by atomic mass is 9.97. The van der Waals surface area contributed by atoms with Gasteiger partial charge in [-0.25, -0.2) is 9.67 Å². The molecule has 7 heteroatoms. The number of hydrogen-bond donors (Lipinski definition) is 1. The predicted octanol–water partition coefficient (Wildman–Crippen LogP) is 2.30. The number of pyridine rings is 1. The van der Waals surface area contributed by atoms with Gasteiger partial charge in [0.05, 0.1) is 23.8 Å². The molecule has 4 heterocycles. The number of carbonyl (C=O) groups is 1. The van der Waals surface area contributed by atoms with Crippen LogP contribution in [0.3, 0.4) is 0 Å². The van der Waals surface area contributed by atoms with E-state index in [0.29, 0.717) is 24.3 Å². The van der Waals surface area contributed by atoms with E-state index in [1.165, 1.54) is 0 Å². The van der Waals surface area contributed by atoms with E-state index in [4.69, 9.17) is 0 Å². The summed E-state index contributed by atoms with van der Waals surface area (Å²) in [5, 5.41) is 5.47. The van der Waals surface area contributed by atoms with Crippen molar-refractivity contribution in [2.45, 2.75) is 51.1 Å². The maximum Gasteiger partial charge on any atom is 0.267 e. The van der Waals surface area contributed by atoms with Crippen LogP contribution in [-0.2, 0) is 19.4 Å². The lowest BCUT2D eigenvalue weighted by Crippen LogP contribution is -2.41. The second kappa shape index (κ2) is 6.89. The van der Waals surface area contributed by atoms with Gasteiger partial charge in [-0.2, -0.15) is 5.10 Å². The summed E-state index contributed by atoms with van der Waals surface area (Å²) in [5.41, 5.74) is 3.44. The Balaban J connectivity index is 1.42. The van der Waals surface area contributed by atoms with E-state index in [9.17, 15) is 9.59 Å². The number of nitrogens with zero attached hydrogens (tertiary/aromatic N) is 4. The van der Waals surface area contributed by atoms with Crippen molar-refractivity contribution < 1.29 is 4.79 Å². The molecular formula is C21H23N5O2. The fraction of sp³-hybridized carbons (Fsp3) is 0.429. The van der Waals surface area contributed by atoms with E-state index in [-0.39, 0.29) is 17.5 Å². The van der Waals surface area contributed by atoms with E-state index >= 15 is 0 Å². The number of rotatable bonds is 3. The summed E-state index contributed by atoms with van der Waals surface area (Å²) in [6, 6.07) is 5.48. The van der Waals surface area contributed by atoms with Gasteiger partial charge in [-0.05, 0) is 56.2 Å². The zero-order valence-corrected chi connectivity index (χ0v) is 15.7. The summed E-state index contributed by atoms with van der Waals surface area (Å²) < 4.78 is 1.57. The molecule has 0 bridgehead atoms. The number of aromatic nitrogens is 4. The molecule has 7 nitrogen and oxygen atoms in total. The summed E-state index contributed by atoms with van der Waals surface area (Å²) in [6.45, 7) is 1.16. The molecule has 5 rings (SSSR count). The van der Waals surface area contributed by atoms with Crippen molar-refractivity contribution in [3.63, 3.8) is 0 Å². The van der Waals surface area contributed by atoms with Gasteiger partial charge in [-0.3, -0.25) is 9.59 Å². The number of carbonyl (C=O) groups excluding carboxylic acids is 1. The molecular weight excluding hydrogens is 354 g/mol. The van der Waals surface area contributed by atoms with Crippen molar-refractivity contribution in [3.8, 4) is 0 Å². The van der Waals surface area contributed by atoms with Crippen LogP contribution in [-0.4, -0.2) is 43.1 Å². The van der Waals surface area contributed by atoms with Gasteiger partial charge in [0.1, 0.15) is 5.65 Å². The Morgan fingerprint density at radius 2 is 2.14 bits per heavy atom. The van der Waals surface area contributed by atoms with Crippen molar-refractivity contribution >= 4 is 16.9 Å². The molecule has 1 aliphatic carbocycles. The van der Waals surface area contributed by atoms with Crippen molar-refractivity contribution in [3.05, 3.63) is 57.8 Å². The zero-order chi connectivity index (χ0) is 19.1. The Morgan fingerprint density at radius 1 is 1.25 bits per heavy atom. The molecule has 0 spiro atoms. The number of fused-ring (bicyclic) bond motifs is 2. The minimum Gasteiger partial charge on any atom is -0.345 e. The maximum atomic E-state index is 13.2. The van der Waals surface area contributed by atoms with Gasteiger partial charge >= 0.3 is 0 Å². The molecule has 1 aliphatic heterocycles. The van der Waals surface area contributed by atoms with Crippen LogP contribution in [0.4, 0.5) is 0 Å². The maximum absolute atomic E-state index is 13.2. The SMILES string of the molecule is O=C(c1c[nH]c2ncccc12)N1CCCC1Cn1nc2c(cc1=O)CCCC2. The third kappa shape index (κ3) is 2.91. The van der Waals surface area contributed by atoms with Crippen LogP contribution < -0.4 is 5.56 Å². The largest absolute Gasteiger partial charge is 0.345 e. The van der Waals surface area contributed by atoms with Gasteiger partial charge in [0.15, 0.2) is 0 Å². The van der Waals surface area contributed by atoms with Gasteiger partial charge in [-0.1, -0.05) is 0 Å². The quantitative estimate of drug-likeness (QED) is 0.759. The minimum atomic E-state index is -0.0590. The Labute approximate surface area is 162 Å². The zero-order valence-electron chi connectivity index (χ0n) is 15.7. The lowest BCUT2D eigenvalue weighted by molar-refractivity contribution is 0.0722. The van der Waals surface area contributed by atoms with Gasteiger partial charge in [0.2, 0.25) is 0 Å². The Kier molecular flexibility index (Phi) is 4.22. The highest BCUT2D eigenvalue weighted by Gasteiger charge is 2.31. The highest BCUT2D eigenvalue weighted by atomic mass is 16.2. The van der Waals surface area contributed by atoms with E-state index in [2.05, 4.69) is 15.1 Å². The first-order chi connectivity index (χ1) is 13.7. The number of likely N-dealkylation sites (tertiary alicyclic amines) is 1. The van der Waals surface area contributed by atoms with Crippen LogP contribution in [0.2, 0.25) is 0 Å². The second-order valence-electron chi connectivity index (χ2n) is 7.74. The number of aromatic amines is 1. The van der Waals surface area contributed by atoms with Gasteiger partial charge in [0.25, 0.3) is 11.5 Å². The summed E-state index contributed by atoms with van der Waals surface area (Å²) in [7, 11) is 0. The Bertz CT molecular complexity index is 1100. The minimum absolute atomic E-state index is 0.00670. The van der Waals surface area contributed by atoms with E-state index in [1.807, 2.05) is 17.0 Å². The smallest absolute Gasteiger partial charge is 0.267 e. The van der Waals surface area contributed by atoms with Crippen LogP contribution in [0.5, 0.6) is 0 Å². The standard InChI is InChI=1S/C21H23N5O2/c27-19-11-14-5-1-2-8-18(14)24-26(19)13-15-6-4-10-25(15)21(28)17-12-23-20-16(17)7-3-9-22-20/h3,7,9,11-12,15H,1-2,4-6,8,10,13H2,(H,22,23). The van der Waals surface area contributed by atoms with Crippen molar-refractivity contribution in [2.24, 2.45) is 0 Å². The Morgan fingerprint density at radius 3 is 3.07 bits per heavy atom. The lowest BCUT2D eigenvalue weighted by Gasteiger charge is -2.25. The molecule has 1 amide bonds. The van der Waals surface area contributed by atoms with E-state index in [0.717, 1.165) is 55.2 Å². The molecule has 144 valence electrons. The fourth-order valence-electron chi connectivity index (χ4n) is 4.51. The topological polar surface area (TPSA) is 83.9 Å². The summed E-state index contributed by atoms with van der Waals surface area (Å²) in [5.74, 6) is -0.00670. The molecule has 2 aliphatic rings. The van der Waals surface area contributed by atoms with Crippen LogP contribution in [0.25, 0.3) is 11.0 Å². The number of H-pyrrole nitrogens is 1. The molecule has 1 N–H and O–H groups in total. The van der Waals surface area contributed by atoms with Crippen LogP contribution in [0.1, 0.15) is 47.3 Å². The summed E-state index contributed by atoms with van der Waals surface area (Å²) in [6.07, 6.45) is 9.41. The molecule has 3 aromatic heterocycles. The predicted molar refractivity (Wildman–Crippen MR) is 105 cm³/mol. The molecule has 0 radical (unpaired) electrons. The van der Waals surface area contributed by atoms with Crippen molar-refractivity contribution in [1.82, 2.24) is 24.6 Å². The third-order valence-corrected chi connectivity index (χ3v) is 5.98. The van der Waals surface area contributed by atoms with Crippen LogP contribution in [0, 0.1) is 0 Å². The summed E-state index contributed by atoms with van der Waals surface area (Å²) in [4.78, 5) is 35.0.